The third-order valence-corrected chi connectivity index (χ3v) is 2.22. The molecular formula is C11H9N3O2. The van der Waals surface area contributed by atoms with E-state index in [0.717, 1.165) is 0 Å². The second kappa shape index (κ2) is 3.98. The molecule has 5 nitrogen and oxygen atoms in total. The Morgan fingerprint density at radius 1 is 1.19 bits per heavy atom. The van der Waals surface area contributed by atoms with Crippen LogP contribution in [0.3, 0.4) is 0 Å². The van der Waals surface area contributed by atoms with Crippen LogP contribution in [0, 0.1) is 10.1 Å². The Labute approximate surface area is 91.7 Å². The van der Waals surface area contributed by atoms with Crippen molar-refractivity contribution in [1.82, 2.24) is 4.98 Å². The maximum atomic E-state index is 10.9. The van der Waals surface area contributed by atoms with Crippen molar-refractivity contribution in [3.05, 3.63) is 52.7 Å². The van der Waals surface area contributed by atoms with E-state index in [4.69, 9.17) is 5.73 Å². The smallest absolute Gasteiger partial charge is 0.282 e. The van der Waals surface area contributed by atoms with Crippen molar-refractivity contribution >= 4 is 11.5 Å². The minimum Gasteiger partial charge on any atom is -0.383 e. The summed E-state index contributed by atoms with van der Waals surface area (Å²) in [7, 11) is 0. The molecule has 1 aromatic heterocycles. The van der Waals surface area contributed by atoms with Gasteiger partial charge in [-0.2, -0.15) is 0 Å². The van der Waals surface area contributed by atoms with Crippen LogP contribution in [0.1, 0.15) is 0 Å². The van der Waals surface area contributed by atoms with Crippen LogP contribution in [0.4, 0.5) is 11.5 Å². The molecule has 0 radical (unpaired) electrons. The summed E-state index contributed by atoms with van der Waals surface area (Å²) in [6.07, 6.45) is 1.33. The van der Waals surface area contributed by atoms with Crippen LogP contribution in [-0.4, -0.2) is 9.91 Å². The summed E-state index contributed by atoms with van der Waals surface area (Å²) >= 11 is 0. The Kier molecular flexibility index (Phi) is 2.51. The molecule has 0 fully saturated rings. The first-order valence-corrected chi connectivity index (χ1v) is 4.64. The first kappa shape index (κ1) is 10.1. The van der Waals surface area contributed by atoms with Gasteiger partial charge in [-0.1, -0.05) is 30.3 Å². The van der Waals surface area contributed by atoms with Gasteiger partial charge >= 0.3 is 0 Å². The Morgan fingerprint density at radius 2 is 1.88 bits per heavy atom. The molecule has 16 heavy (non-hydrogen) atoms. The van der Waals surface area contributed by atoms with E-state index in [1.54, 1.807) is 24.3 Å². The maximum Gasteiger partial charge on any atom is 0.282 e. The minimum absolute atomic E-state index is 0.0290. The van der Waals surface area contributed by atoms with Crippen molar-refractivity contribution in [3.8, 4) is 11.1 Å². The normalized spacial score (nSPS) is 10.0. The highest BCUT2D eigenvalue weighted by atomic mass is 16.6. The second-order valence-corrected chi connectivity index (χ2v) is 3.21. The van der Waals surface area contributed by atoms with Crippen LogP contribution in [-0.2, 0) is 0 Å². The maximum absolute atomic E-state index is 10.9. The number of nitrogen functional groups attached to an aromatic ring is 1. The zero-order valence-electron chi connectivity index (χ0n) is 8.33. The summed E-state index contributed by atoms with van der Waals surface area (Å²) in [5, 5.41) is 10.9. The Bertz CT molecular complexity index is 526. The standard InChI is InChI=1S/C11H9N3O2/c12-11-10(8-4-2-1-3-5-8)9(14(15)16)6-7-13-11/h1-7H,(H2,12,13). The monoisotopic (exact) mass is 215 g/mol. The fourth-order valence-electron chi connectivity index (χ4n) is 1.52. The average molecular weight is 215 g/mol. The predicted octanol–water partition coefficient (Wildman–Crippen LogP) is 2.24. The molecule has 2 aromatic rings. The highest BCUT2D eigenvalue weighted by molar-refractivity contribution is 5.81. The van der Waals surface area contributed by atoms with Crippen molar-refractivity contribution in [1.29, 1.82) is 0 Å². The van der Waals surface area contributed by atoms with Gasteiger partial charge in [0, 0.05) is 12.3 Å². The Balaban J connectivity index is 2.68. The van der Waals surface area contributed by atoms with E-state index in [-0.39, 0.29) is 11.5 Å². The van der Waals surface area contributed by atoms with E-state index in [1.165, 1.54) is 12.3 Å². The number of aromatic nitrogens is 1. The van der Waals surface area contributed by atoms with Crippen LogP contribution in [0.25, 0.3) is 11.1 Å². The molecule has 2 N–H and O–H groups in total. The van der Waals surface area contributed by atoms with Gasteiger partial charge in [-0.25, -0.2) is 4.98 Å². The molecular weight excluding hydrogens is 206 g/mol. The molecule has 0 atom stereocenters. The number of hydrogen-bond acceptors (Lipinski definition) is 4. The van der Waals surface area contributed by atoms with E-state index < -0.39 is 4.92 Å². The van der Waals surface area contributed by atoms with Crippen molar-refractivity contribution < 1.29 is 4.92 Å². The first-order valence-electron chi connectivity index (χ1n) is 4.64. The van der Waals surface area contributed by atoms with E-state index in [1.807, 2.05) is 6.07 Å². The fraction of sp³-hybridized carbons (Fsp3) is 0. The lowest BCUT2D eigenvalue weighted by atomic mass is 10.1. The largest absolute Gasteiger partial charge is 0.383 e. The lowest BCUT2D eigenvalue weighted by molar-refractivity contribution is -0.384. The molecule has 0 unspecified atom stereocenters. The summed E-state index contributed by atoms with van der Waals surface area (Å²) in [5.74, 6) is 0.167. The molecule has 0 saturated heterocycles. The van der Waals surface area contributed by atoms with E-state index in [2.05, 4.69) is 4.98 Å². The second-order valence-electron chi connectivity index (χ2n) is 3.21. The number of nitrogens with two attached hydrogens (primary N) is 1. The van der Waals surface area contributed by atoms with Crippen molar-refractivity contribution in [2.75, 3.05) is 5.73 Å². The summed E-state index contributed by atoms with van der Waals surface area (Å²) in [6, 6.07) is 10.3. The molecule has 0 aliphatic heterocycles. The summed E-state index contributed by atoms with van der Waals surface area (Å²) in [5.41, 5.74) is 6.71. The fourth-order valence-corrected chi connectivity index (χ4v) is 1.52. The van der Waals surface area contributed by atoms with Gasteiger partial charge < -0.3 is 5.73 Å². The topological polar surface area (TPSA) is 82.0 Å². The molecule has 1 aromatic carbocycles. The summed E-state index contributed by atoms with van der Waals surface area (Å²) in [4.78, 5) is 14.3. The predicted molar refractivity (Wildman–Crippen MR) is 60.7 cm³/mol. The summed E-state index contributed by atoms with van der Waals surface area (Å²) in [6.45, 7) is 0. The van der Waals surface area contributed by atoms with Gasteiger partial charge in [-0.05, 0) is 5.56 Å². The first-order chi connectivity index (χ1) is 7.70. The third-order valence-electron chi connectivity index (χ3n) is 2.22. The van der Waals surface area contributed by atoms with Gasteiger partial charge in [0.25, 0.3) is 5.69 Å². The van der Waals surface area contributed by atoms with Crippen molar-refractivity contribution in [2.24, 2.45) is 0 Å². The third kappa shape index (κ3) is 1.70. The summed E-state index contributed by atoms with van der Waals surface area (Å²) < 4.78 is 0. The van der Waals surface area contributed by atoms with Gasteiger partial charge in [0.1, 0.15) is 11.4 Å². The highest BCUT2D eigenvalue weighted by Gasteiger charge is 2.18. The van der Waals surface area contributed by atoms with Gasteiger partial charge in [-0.3, -0.25) is 10.1 Å². The van der Waals surface area contributed by atoms with Crippen LogP contribution >= 0.6 is 0 Å². The molecule has 2 rings (SSSR count). The van der Waals surface area contributed by atoms with Crippen molar-refractivity contribution in [3.63, 3.8) is 0 Å². The number of nitrogens with zero attached hydrogens (tertiary/aromatic N) is 2. The quantitative estimate of drug-likeness (QED) is 0.615. The number of hydrogen-bond donors (Lipinski definition) is 1. The number of pyridine rings is 1. The number of rotatable bonds is 2. The molecule has 0 spiro atoms. The van der Waals surface area contributed by atoms with Crippen LogP contribution < -0.4 is 5.73 Å². The zero-order chi connectivity index (χ0) is 11.5. The van der Waals surface area contributed by atoms with E-state index in [9.17, 15) is 10.1 Å². The molecule has 0 saturated carbocycles. The van der Waals surface area contributed by atoms with Gasteiger partial charge in [0.05, 0.1) is 4.92 Å². The SMILES string of the molecule is Nc1nccc([N+](=O)[O-])c1-c1ccccc1. The van der Waals surface area contributed by atoms with Gasteiger partial charge in [-0.15, -0.1) is 0 Å². The van der Waals surface area contributed by atoms with Crippen LogP contribution in [0.2, 0.25) is 0 Å². The molecule has 0 aliphatic carbocycles. The molecule has 80 valence electrons. The van der Waals surface area contributed by atoms with Crippen molar-refractivity contribution in [2.45, 2.75) is 0 Å². The van der Waals surface area contributed by atoms with E-state index >= 15 is 0 Å². The molecule has 0 amide bonds. The van der Waals surface area contributed by atoms with Gasteiger partial charge in [0.15, 0.2) is 0 Å². The van der Waals surface area contributed by atoms with E-state index in [0.29, 0.717) is 11.1 Å². The lowest BCUT2D eigenvalue weighted by Crippen LogP contribution is -1.99. The highest BCUT2D eigenvalue weighted by Crippen LogP contribution is 2.32. The van der Waals surface area contributed by atoms with Gasteiger partial charge in [0.2, 0.25) is 0 Å². The molecule has 0 aliphatic rings. The van der Waals surface area contributed by atoms with Crippen LogP contribution in [0.5, 0.6) is 0 Å². The molecule has 5 heteroatoms. The number of nitro groups is 1. The Morgan fingerprint density at radius 3 is 2.50 bits per heavy atom. The lowest BCUT2D eigenvalue weighted by Gasteiger charge is -2.05. The minimum atomic E-state index is -0.458. The average Bonchev–Trinajstić information content (AvgIpc) is 2.29. The molecule has 1 heterocycles. The molecule has 0 bridgehead atoms. The number of anilines is 1. The Hall–Kier alpha value is -2.43. The number of benzene rings is 1. The van der Waals surface area contributed by atoms with Crippen LogP contribution in [0.15, 0.2) is 42.6 Å². The zero-order valence-corrected chi connectivity index (χ0v) is 8.33.